The van der Waals surface area contributed by atoms with Crippen LogP contribution in [0.3, 0.4) is 0 Å². The molecule has 3 rings (SSSR count). The zero-order valence-corrected chi connectivity index (χ0v) is 14.0. The Morgan fingerprint density at radius 1 is 1.29 bits per heavy atom. The van der Waals surface area contributed by atoms with Crippen LogP contribution in [0, 0.1) is 4.77 Å². The van der Waals surface area contributed by atoms with Gasteiger partial charge in [-0.15, -0.1) is 0 Å². The minimum Gasteiger partial charge on any atom is -0.508 e. The predicted octanol–water partition coefficient (Wildman–Crippen LogP) is 3.76. The number of rotatable bonds is 5. The number of halogens is 1. The minimum absolute atomic E-state index is 0.168. The van der Waals surface area contributed by atoms with Crippen molar-refractivity contribution >= 4 is 30.0 Å². The van der Waals surface area contributed by atoms with Gasteiger partial charge in [0.15, 0.2) is 5.82 Å². The highest BCUT2D eigenvalue weighted by molar-refractivity contribution is 7.71. The van der Waals surface area contributed by atoms with Gasteiger partial charge in [-0.25, -0.2) is 5.10 Å². The Morgan fingerprint density at radius 3 is 2.83 bits per heavy atom. The van der Waals surface area contributed by atoms with E-state index >= 15 is 0 Å². The average Bonchev–Trinajstić information content (AvgIpc) is 2.92. The summed E-state index contributed by atoms with van der Waals surface area (Å²) in [4.78, 5) is 0. The molecule has 0 fully saturated rings. The number of nitrogens with one attached hydrogen (secondary N) is 1. The van der Waals surface area contributed by atoms with Gasteiger partial charge in [0, 0.05) is 5.02 Å². The lowest BCUT2D eigenvalue weighted by Gasteiger charge is -2.05. The normalized spacial score (nSPS) is 11.0. The molecule has 0 aliphatic heterocycles. The molecule has 0 atom stereocenters. The first kappa shape index (κ1) is 16.2. The average molecular weight is 361 g/mol. The lowest BCUT2D eigenvalue weighted by molar-refractivity contribution is 0.290. The Kier molecular flexibility index (Phi) is 4.93. The van der Waals surface area contributed by atoms with Crippen molar-refractivity contribution < 1.29 is 9.84 Å². The SMILES string of the molecule is Oc1cccc(/C=N\n2c(COc3ccc(Cl)cc3)n[nH]c2=S)c1. The lowest BCUT2D eigenvalue weighted by Crippen LogP contribution is -2.04. The van der Waals surface area contributed by atoms with Gasteiger partial charge in [-0.3, -0.25) is 0 Å². The van der Waals surface area contributed by atoms with Crippen LogP contribution in [-0.2, 0) is 6.61 Å². The number of phenols is 1. The second kappa shape index (κ2) is 7.29. The quantitative estimate of drug-likeness (QED) is 0.536. The van der Waals surface area contributed by atoms with Crippen LogP contribution >= 0.6 is 23.8 Å². The van der Waals surface area contributed by atoms with Gasteiger partial charge < -0.3 is 9.84 Å². The van der Waals surface area contributed by atoms with E-state index in [0.717, 1.165) is 5.56 Å². The van der Waals surface area contributed by atoms with Gasteiger partial charge in [-0.1, -0.05) is 23.7 Å². The van der Waals surface area contributed by atoms with Gasteiger partial charge >= 0.3 is 0 Å². The fraction of sp³-hybridized carbons (Fsp3) is 0.0625. The maximum atomic E-state index is 9.47. The third-order valence-corrected chi connectivity index (χ3v) is 3.61. The van der Waals surface area contributed by atoms with Crippen LogP contribution in [0.1, 0.15) is 11.4 Å². The van der Waals surface area contributed by atoms with Crippen LogP contribution in [0.15, 0.2) is 53.6 Å². The summed E-state index contributed by atoms with van der Waals surface area (Å²) >= 11 is 11.0. The summed E-state index contributed by atoms with van der Waals surface area (Å²) in [6.45, 7) is 0.187. The molecule has 0 spiro atoms. The van der Waals surface area contributed by atoms with E-state index in [1.54, 1.807) is 48.7 Å². The molecule has 0 amide bonds. The molecule has 8 heteroatoms. The number of phenolic OH excluding ortho intramolecular Hbond substituents is 1. The molecule has 1 aromatic heterocycles. The molecule has 24 heavy (non-hydrogen) atoms. The molecule has 2 aromatic carbocycles. The molecular weight excluding hydrogens is 348 g/mol. The zero-order valence-electron chi connectivity index (χ0n) is 12.4. The molecule has 0 aliphatic rings. The summed E-state index contributed by atoms with van der Waals surface area (Å²) in [5.74, 6) is 1.35. The van der Waals surface area contributed by atoms with Crippen LogP contribution in [-0.4, -0.2) is 26.2 Å². The largest absolute Gasteiger partial charge is 0.508 e. The summed E-state index contributed by atoms with van der Waals surface area (Å²) in [6.07, 6.45) is 1.58. The number of aromatic amines is 1. The first-order valence-electron chi connectivity index (χ1n) is 7.00. The Morgan fingerprint density at radius 2 is 2.08 bits per heavy atom. The van der Waals surface area contributed by atoms with E-state index in [9.17, 15) is 5.11 Å². The molecule has 2 N–H and O–H groups in total. The fourth-order valence-electron chi connectivity index (χ4n) is 1.94. The van der Waals surface area contributed by atoms with E-state index in [4.69, 9.17) is 28.6 Å². The van der Waals surface area contributed by atoms with Crippen LogP contribution in [0.2, 0.25) is 5.02 Å². The second-order valence-corrected chi connectivity index (χ2v) is 5.66. The van der Waals surface area contributed by atoms with Gasteiger partial charge in [0.2, 0.25) is 4.77 Å². The van der Waals surface area contributed by atoms with E-state index in [2.05, 4.69) is 15.3 Å². The van der Waals surface area contributed by atoms with E-state index in [1.807, 2.05) is 6.07 Å². The van der Waals surface area contributed by atoms with Crippen LogP contribution in [0.25, 0.3) is 0 Å². The molecule has 0 saturated carbocycles. The van der Waals surface area contributed by atoms with E-state index in [1.165, 1.54) is 4.68 Å². The number of benzene rings is 2. The maximum absolute atomic E-state index is 9.47. The van der Waals surface area contributed by atoms with Gasteiger partial charge in [-0.2, -0.15) is 14.9 Å². The smallest absolute Gasteiger partial charge is 0.216 e. The molecule has 3 aromatic rings. The van der Waals surface area contributed by atoms with Gasteiger partial charge in [0.05, 0.1) is 6.21 Å². The number of hydrogen-bond donors (Lipinski definition) is 2. The Bertz CT molecular complexity index is 918. The molecule has 0 bridgehead atoms. The van der Waals surface area contributed by atoms with Crippen molar-refractivity contribution in [1.29, 1.82) is 0 Å². The minimum atomic E-state index is 0.168. The van der Waals surface area contributed by atoms with Crippen LogP contribution in [0.5, 0.6) is 11.5 Å². The third-order valence-electron chi connectivity index (χ3n) is 3.09. The molecular formula is C16H13ClN4O2S. The number of hydrogen-bond acceptors (Lipinski definition) is 5. The Hall–Kier alpha value is -2.64. The molecule has 1 heterocycles. The Balaban J connectivity index is 1.76. The van der Waals surface area contributed by atoms with Crippen molar-refractivity contribution in [3.63, 3.8) is 0 Å². The van der Waals surface area contributed by atoms with Gasteiger partial charge in [0.1, 0.15) is 18.1 Å². The molecule has 0 radical (unpaired) electrons. The van der Waals surface area contributed by atoms with Gasteiger partial charge in [0.25, 0.3) is 0 Å². The number of ether oxygens (including phenoxy) is 1. The third kappa shape index (κ3) is 4.01. The van der Waals surface area contributed by atoms with Crippen molar-refractivity contribution in [3.8, 4) is 11.5 Å². The zero-order chi connectivity index (χ0) is 16.9. The van der Waals surface area contributed by atoms with Crippen molar-refractivity contribution in [1.82, 2.24) is 14.9 Å². The molecule has 0 unspecified atom stereocenters. The number of H-pyrrole nitrogens is 1. The standard InChI is InChI=1S/C16H13ClN4O2S/c17-12-4-6-14(7-5-12)23-10-15-19-20-16(24)21(15)18-9-11-2-1-3-13(22)8-11/h1-9,22H,10H2,(H,20,24)/b18-9-. The lowest BCUT2D eigenvalue weighted by atomic mass is 10.2. The van der Waals surface area contributed by atoms with Crippen molar-refractivity contribution in [3.05, 3.63) is 69.7 Å². The Labute approximate surface area is 148 Å². The van der Waals surface area contributed by atoms with Crippen molar-refractivity contribution in [2.45, 2.75) is 6.61 Å². The van der Waals surface area contributed by atoms with Crippen LogP contribution < -0.4 is 4.74 Å². The highest BCUT2D eigenvalue weighted by atomic mass is 35.5. The number of aromatic hydroxyl groups is 1. The van der Waals surface area contributed by atoms with Crippen molar-refractivity contribution in [2.24, 2.45) is 5.10 Å². The first-order chi connectivity index (χ1) is 11.6. The second-order valence-electron chi connectivity index (χ2n) is 4.84. The predicted molar refractivity (Wildman–Crippen MR) is 94.3 cm³/mol. The van der Waals surface area contributed by atoms with Crippen LogP contribution in [0.4, 0.5) is 0 Å². The summed E-state index contributed by atoms with van der Waals surface area (Å²) in [7, 11) is 0. The molecule has 0 saturated heterocycles. The van der Waals surface area contributed by atoms with Gasteiger partial charge in [-0.05, 0) is 54.2 Å². The molecule has 6 nitrogen and oxygen atoms in total. The highest BCUT2D eigenvalue weighted by Gasteiger charge is 2.06. The highest BCUT2D eigenvalue weighted by Crippen LogP contribution is 2.16. The summed E-state index contributed by atoms with van der Waals surface area (Å²) in [5.41, 5.74) is 0.739. The van der Waals surface area contributed by atoms with E-state index < -0.39 is 0 Å². The monoisotopic (exact) mass is 360 g/mol. The first-order valence-corrected chi connectivity index (χ1v) is 7.78. The topological polar surface area (TPSA) is 75.4 Å². The maximum Gasteiger partial charge on any atom is 0.216 e. The summed E-state index contributed by atoms with van der Waals surface area (Å²) in [6, 6.07) is 13.8. The molecule has 122 valence electrons. The fourth-order valence-corrected chi connectivity index (χ4v) is 2.27. The summed E-state index contributed by atoms with van der Waals surface area (Å²) in [5, 5.41) is 21.2. The molecule has 0 aliphatic carbocycles. The van der Waals surface area contributed by atoms with E-state index in [-0.39, 0.29) is 12.4 Å². The van der Waals surface area contributed by atoms with E-state index in [0.29, 0.717) is 21.4 Å². The number of nitrogens with zero attached hydrogens (tertiary/aromatic N) is 3. The van der Waals surface area contributed by atoms with Crippen molar-refractivity contribution in [2.75, 3.05) is 0 Å². The summed E-state index contributed by atoms with van der Waals surface area (Å²) < 4.78 is 7.47. The number of aromatic nitrogens is 3.